The van der Waals surface area contributed by atoms with Crippen LogP contribution in [0.25, 0.3) is 10.2 Å². The number of amides is 1. The summed E-state index contributed by atoms with van der Waals surface area (Å²) in [5.41, 5.74) is -0.158. The Morgan fingerprint density at radius 2 is 1.94 bits per heavy atom. The predicted octanol–water partition coefficient (Wildman–Crippen LogP) is 2.84. The zero-order valence-electron chi connectivity index (χ0n) is 20.0. The third kappa shape index (κ3) is 4.91. The van der Waals surface area contributed by atoms with Crippen molar-refractivity contribution in [2.75, 3.05) is 32.6 Å². The van der Waals surface area contributed by atoms with Gasteiger partial charge in [-0.3, -0.25) is 14.2 Å². The van der Waals surface area contributed by atoms with Gasteiger partial charge in [0, 0.05) is 24.0 Å². The average Bonchev–Trinajstić information content (AvgIpc) is 3.19. The van der Waals surface area contributed by atoms with E-state index in [2.05, 4.69) is 17.2 Å². The third-order valence-electron chi connectivity index (χ3n) is 6.14. The number of methoxy groups -OCH3 is 2. The fourth-order valence-corrected chi connectivity index (χ4v) is 7.27. The highest BCUT2D eigenvalue weighted by Crippen LogP contribution is 2.34. The fourth-order valence-electron chi connectivity index (χ4n) is 4.14. The normalized spacial score (nSPS) is 15.3. The largest absolute Gasteiger partial charge is 0.497 e. The Morgan fingerprint density at radius 1 is 1.23 bits per heavy atom. The summed E-state index contributed by atoms with van der Waals surface area (Å²) in [5, 5.41) is 2.74. The molecule has 0 aliphatic carbocycles. The number of aryl methyl sites for hydroxylation is 1. The van der Waals surface area contributed by atoms with E-state index in [1.165, 1.54) is 24.9 Å². The summed E-state index contributed by atoms with van der Waals surface area (Å²) in [6, 6.07) is 4.93. The number of sulfonamides is 1. The lowest BCUT2D eigenvalue weighted by Crippen LogP contribution is -2.38. The summed E-state index contributed by atoms with van der Waals surface area (Å²) in [5.74, 6) is 0.938. The standard InChI is InChI=1S/C23H28N4O6S2/c1-14-7-9-27(10-8-14)35(30,31)21-15(2)34-22-20(21)23(29)26(13-24-22)12-19(28)25-17-6-5-16(32-3)11-18(17)33-4/h5-6,11,13-14H,7-10,12H2,1-4H3,(H,25,28). The maximum atomic E-state index is 13.5. The van der Waals surface area contributed by atoms with Crippen molar-refractivity contribution in [3.8, 4) is 11.5 Å². The first-order chi connectivity index (χ1) is 16.6. The number of nitrogens with one attached hydrogen (secondary N) is 1. The lowest BCUT2D eigenvalue weighted by Gasteiger charge is -2.29. The van der Waals surface area contributed by atoms with Crippen LogP contribution in [0.5, 0.6) is 11.5 Å². The summed E-state index contributed by atoms with van der Waals surface area (Å²) >= 11 is 1.16. The predicted molar refractivity (Wildman–Crippen MR) is 134 cm³/mol. The topological polar surface area (TPSA) is 120 Å². The van der Waals surface area contributed by atoms with Crippen LogP contribution >= 0.6 is 11.3 Å². The Labute approximate surface area is 207 Å². The van der Waals surface area contributed by atoms with Gasteiger partial charge >= 0.3 is 0 Å². The third-order valence-corrected chi connectivity index (χ3v) is 9.35. The maximum absolute atomic E-state index is 13.5. The van der Waals surface area contributed by atoms with Gasteiger partial charge in [-0.05, 0) is 37.8 Å². The van der Waals surface area contributed by atoms with E-state index in [1.54, 1.807) is 25.1 Å². The van der Waals surface area contributed by atoms with Crippen LogP contribution in [0.15, 0.2) is 34.2 Å². The average molecular weight is 521 g/mol. The zero-order chi connectivity index (χ0) is 25.3. The minimum Gasteiger partial charge on any atom is -0.497 e. The molecule has 0 spiro atoms. The van der Waals surface area contributed by atoms with Crippen molar-refractivity contribution in [2.24, 2.45) is 5.92 Å². The minimum absolute atomic E-state index is 0.00358. The van der Waals surface area contributed by atoms with Crippen LogP contribution in [0.3, 0.4) is 0 Å². The van der Waals surface area contributed by atoms with Crippen LogP contribution in [0.4, 0.5) is 5.69 Å². The van der Waals surface area contributed by atoms with Crippen LogP contribution in [0.2, 0.25) is 0 Å². The number of anilines is 1. The number of hydrogen-bond acceptors (Lipinski definition) is 8. The Morgan fingerprint density at radius 3 is 2.60 bits per heavy atom. The van der Waals surface area contributed by atoms with E-state index in [9.17, 15) is 18.0 Å². The van der Waals surface area contributed by atoms with E-state index in [0.717, 1.165) is 28.7 Å². The smallest absolute Gasteiger partial charge is 0.263 e. The number of hydrogen-bond donors (Lipinski definition) is 1. The van der Waals surface area contributed by atoms with Gasteiger partial charge in [0.1, 0.15) is 27.8 Å². The SMILES string of the molecule is COc1ccc(NC(=O)Cn2cnc3sc(C)c(S(=O)(=O)N4CCC(C)CC4)c3c2=O)c(OC)c1. The second-order valence-corrected chi connectivity index (χ2v) is 11.6. The Bertz CT molecular complexity index is 1420. The summed E-state index contributed by atoms with van der Waals surface area (Å²) < 4.78 is 40.0. The Balaban J connectivity index is 1.65. The number of carbonyl (C=O) groups excluding carboxylic acids is 1. The molecule has 1 aliphatic heterocycles. The molecule has 3 heterocycles. The van der Waals surface area contributed by atoms with Crippen molar-refractivity contribution in [2.45, 2.75) is 38.1 Å². The lowest BCUT2D eigenvalue weighted by molar-refractivity contribution is -0.116. The van der Waals surface area contributed by atoms with Gasteiger partial charge in [-0.1, -0.05) is 6.92 Å². The summed E-state index contributed by atoms with van der Waals surface area (Å²) in [7, 11) is -0.878. The van der Waals surface area contributed by atoms with Gasteiger partial charge in [-0.15, -0.1) is 11.3 Å². The van der Waals surface area contributed by atoms with Crippen LogP contribution in [-0.2, 0) is 21.4 Å². The van der Waals surface area contributed by atoms with Gasteiger partial charge in [0.2, 0.25) is 15.9 Å². The van der Waals surface area contributed by atoms with E-state index < -0.39 is 21.5 Å². The number of piperidine rings is 1. The molecule has 188 valence electrons. The molecule has 0 saturated carbocycles. The quantitative estimate of drug-likeness (QED) is 0.509. The lowest BCUT2D eigenvalue weighted by atomic mass is 10.0. The molecule has 1 fully saturated rings. The number of benzene rings is 1. The Hall–Kier alpha value is -2.96. The van der Waals surface area contributed by atoms with Gasteiger partial charge in [0.25, 0.3) is 5.56 Å². The number of thiophene rings is 1. The molecule has 10 nitrogen and oxygen atoms in total. The van der Waals surface area contributed by atoms with Crippen LogP contribution < -0.4 is 20.3 Å². The highest BCUT2D eigenvalue weighted by atomic mass is 32.2. The molecule has 1 aromatic carbocycles. The highest BCUT2D eigenvalue weighted by Gasteiger charge is 2.33. The molecule has 0 atom stereocenters. The van der Waals surface area contributed by atoms with E-state index in [1.807, 2.05) is 0 Å². The highest BCUT2D eigenvalue weighted by molar-refractivity contribution is 7.89. The number of carbonyl (C=O) groups is 1. The van der Waals surface area contributed by atoms with Crippen LogP contribution in [-0.4, -0.2) is 55.5 Å². The summed E-state index contributed by atoms with van der Waals surface area (Å²) in [6.07, 6.45) is 2.82. The van der Waals surface area contributed by atoms with E-state index >= 15 is 0 Å². The molecule has 1 aliphatic rings. The molecule has 4 rings (SSSR count). The van der Waals surface area contributed by atoms with Crippen molar-refractivity contribution in [1.29, 1.82) is 0 Å². The molecule has 12 heteroatoms. The zero-order valence-corrected chi connectivity index (χ0v) is 21.7. The van der Waals surface area contributed by atoms with E-state index in [-0.39, 0.29) is 16.8 Å². The van der Waals surface area contributed by atoms with Crippen molar-refractivity contribution in [3.63, 3.8) is 0 Å². The summed E-state index contributed by atoms with van der Waals surface area (Å²) in [6.45, 7) is 4.27. The van der Waals surface area contributed by atoms with Crippen molar-refractivity contribution >= 4 is 43.2 Å². The molecular formula is C23H28N4O6S2. The molecule has 3 aromatic rings. The molecule has 35 heavy (non-hydrogen) atoms. The minimum atomic E-state index is -3.87. The molecule has 0 bridgehead atoms. The van der Waals surface area contributed by atoms with Crippen molar-refractivity contribution in [3.05, 3.63) is 39.8 Å². The second-order valence-electron chi connectivity index (χ2n) is 8.55. The van der Waals surface area contributed by atoms with Gasteiger partial charge < -0.3 is 14.8 Å². The van der Waals surface area contributed by atoms with Gasteiger partial charge in [-0.25, -0.2) is 13.4 Å². The van der Waals surface area contributed by atoms with Crippen LogP contribution in [0, 0.1) is 12.8 Å². The van der Waals surface area contributed by atoms with Crippen LogP contribution in [0.1, 0.15) is 24.6 Å². The van der Waals surface area contributed by atoms with Crippen molar-refractivity contribution < 1.29 is 22.7 Å². The molecule has 1 N–H and O–H groups in total. The van der Waals surface area contributed by atoms with Crippen molar-refractivity contribution in [1.82, 2.24) is 13.9 Å². The first-order valence-corrected chi connectivity index (χ1v) is 13.4. The molecule has 0 unspecified atom stereocenters. The monoisotopic (exact) mass is 520 g/mol. The number of ether oxygens (including phenoxy) is 2. The molecular weight excluding hydrogens is 492 g/mol. The van der Waals surface area contributed by atoms with E-state index in [0.29, 0.717) is 45.9 Å². The van der Waals surface area contributed by atoms with Gasteiger partial charge in [0.05, 0.1) is 31.6 Å². The molecule has 2 aromatic heterocycles. The first-order valence-electron chi connectivity index (χ1n) is 11.2. The molecule has 0 radical (unpaired) electrons. The second kappa shape index (κ2) is 9.96. The number of nitrogens with zero attached hydrogens (tertiary/aromatic N) is 3. The maximum Gasteiger partial charge on any atom is 0.263 e. The molecule has 1 amide bonds. The summed E-state index contributed by atoms with van der Waals surface area (Å²) in [4.78, 5) is 31.2. The van der Waals surface area contributed by atoms with Gasteiger partial charge in [-0.2, -0.15) is 4.31 Å². The Kier molecular flexibility index (Phi) is 7.15. The number of aromatic nitrogens is 2. The van der Waals surface area contributed by atoms with Gasteiger partial charge in [0.15, 0.2) is 0 Å². The molecule has 1 saturated heterocycles. The van der Waals surface area contributed by atoms with E-state index in [4.69, 9.17) is 9.47 Å². The first kappa shape index (κ1) is 25.1. The number of fused-ring (bicyclic) bond motifs is 1. The fraction of sp³-hybridized carbons (Fsp3) is 0.435. The number of rotatable bonds is 7.